The standard InChI is InChI=1S/C23H30N2O4S2/c1-5-15-23(16-6-2,17-24-30(26,27)21-11-7-19(3)8-12-21)18-25-31(28,29)22-13-9-20(4)10-14-22/h5-14,24-25H,1-2,15-18H2,3-4H3. The minimum Gasteiger partial charge on any atom is -0.211 e. The first kappa shape index (κ1) is 25.0. The highest BCUT2D eigenvalue weighted by Gasteiger charge is 2.31. The Hall–Kier alpha value is -2.26. The predicted octanol–water partition coefficient (Wildman–Crippen LogP) is 3.70. The van der Waals surface area contributed by atoms with Crippen molar-refractivity contribution in [1.82, 2.24) is 9.44 Å². The van der Waals surface area contributed by atoms with E-state index in [2.05, 4.69) is 22.6 Å². The summed E-state index contributed by atoms with van der Waals surface area (Å²) < 4.78 is 56.3. The van der Waals surface area contributed by atoms with Gasteiger partial charge >= 0.3 is 0 Å². The molecule has 31 heavy (non-hydrogen) atoms. The van der Waals surface area contributed by atoms with Crippen LogP contribution < -0.4 is 9.44 Å². The first-order valence-corrected chi connectivity index (χ1v) is 12.8. The van der Waals surface area contributed by atoms with Gasteiger partial charge in [0.25, 0.3) is 0 Å². The zero-order chi connectivity index (χ0) is 23.1. The van der Waals surface area contributed by atoms with Crippen LogP contribution >= 0.6 is 0 Å². The van der Waals surface area contributed by atoms with E-state index in [1.807, 2.05) is 13.8 Å². The highest BCUT2D eigenvalue weighted by atomic mass is 32.2. The summed E-state index contributed by atoms with van der Waals surface area (Å²) in [5.74, 6) is 0. The minimum absolute atomic E-state index is 0.0255. The van der Waals surface area contributed by atoms with Crippen LogP contribution in [0.15, 0.2) is 83.6 Å². The highest BCUT2D eigenvalue weighted by Crippen LogP contribution is 2.28. The number of aryl methyl sites for hydroxylation is 2. The summed E-state index contributed by atoms with van der Waals surface area (Å²) in [7, 11) is -7.51. The number of allylic oxidation sites excluding steroid dienone is 2. The van der Waals surface area contributed by atoms with Crippen LogP contribution in [0.25, 0.3) is 0 Å². The Balaban J connectivity index is 2.23. The van der Waals surface area contributed by atoms with E-state index in [1.165, 1.54) is 0 Å². The number of benzene rings is 2. The van der Waals surface area contributed by atoms with Crippen LogP contribution in [0, 0.1) is 19.3 Å². The summed E-state index contributed by atoms with van der Waals surface area (Å²) in [5, 5.41) is 0. The molecule has 0 amide bonds. The summed E-state index contributed by atoms with van der Waals surface area (Å²) in [6.45, 7) is 11.3. The molecule has 0 spiro atoms. The molecule has 0 heterocycles. The van der Waals surface area contributed by atoms with Gasteiger partial charge in [-0.2, -0.15) is 0 Å². The third kappa shape index (κ3) is 6.87. The maximum absolute atomic E-state index is 12.8. The summed E-state index contributed by atoms with van der Waals surface area (Å²) in [5.41, 5.74) is 1.16. The third-order valence-corrected chi connectivity index (χ3v) is 7.93. The fraction of sp³-hybridized carbons (Fsp3) is 0.304. The molecule has 2 aromatic rings. The average molecular weight is 463 g/mol. The Kier molecular flexibility index (Phi) is 8.36. The van der Waals surface area contributed by atoms with Gasteiger partial charge in [0, 0.05) is 18.5 Å². The number of sulfonamides is 2. The maximum atomic E-state index is 12.8. The van der Waals surface area contributed by atoms with Gasteiger partial charge in [0.1, 0.15) is 0 Å². The first-order chi connectivity index (χ1) is 14.5. The lowest BCUT2D eigenvalue weighted by Crippen LogP contribution is -2.45. The molecule has 0 unspecified atom stereocenters. The summed E-state index contributed by atoms with van der Waals surface area (Å²) in [4.78, 5) is 0.314. The average Bonchev–Trinajstić information content (AvgIpc) is 2.72. The molecule has 0 aliphatic carbocycles. The SMILES string of the molecule is C=CCC(CC=C)(CNS(=O)(=O)c1ccc(C)cc1)CNS(=O)(=O)c1ccc(C)cc1. The van der Waals surface area contributed by atoms with Gasteiger partial charge in [-0.3, -0.25) is 0 Å². The number of rotatable bonds is 12. The lowest BCUT2D eigenvalue weighted by Gasteiger charge is -2.32. The second-order valence-corrected chi connectivity index (χ2v) is 11.3. The predicted molar refractivity (Wildman–Crippen MR) is 125 cm³/mol. The topological polar surface area (TPSA) is 92.3 Å². The van der Waals surface area contributed by atoms with Crippen molar-refractivity contribution >= 4 is 20.0 Å². The molecule has 0 fully saturated rings. The molecule has 0 radical (unpaired) electrons. The van der Waals surface area contributed by atoms with E-state index in [0.29, 0.717) is 12.8 Å². The van der Waals surface area contributed by atoms with Gasteiger partial charge in [-0.15, -0.1) is 13.2 Å². The van der Waals surface area contributed by atoms with Crippen LogP contribution in [0.2, 0.25) is 0 Å². The van der Waals surface area contributed by atoms with Crippen LogP contribution in [0.1, 0.15) is 24.0 Å². The highest BCUT2D eigenvalue weighted by molar-refractivity contribution is 7.89. The molecule has 168 valence electrons. The molecular formula is C23H30N2O4S2. The van der Waals surface area contributed by atoms with Crippen LogP contribution in [0.3, 0.4) is 0 Å². The van der Waals surface area contributed by atoms with Crippen molar-refractivity contribution in [2.45, 2.75) is 36.5 Å². The Labute approximate surface area is 186 Å². The molecule has 0 aromatic heterocycles. The van der Waals surface area contributed by atoms with Crippen molar-refractivity contribution < 1.29 is 16.8 Å². The Morgan fingerprint density at radius 1 is 0.710 bits per heavy atom. The van der Waals surface area contributed by atoms with Crippen LogP contribution in [0.4, 0.5) is 0 Å². The number of nitrogens with one attached hydrogen (secondary N) is 2. The maximum Gasteiger partial charge on any atom is 0.240 e. The van der Waals surface area contributed by atoms with E-state index in [4.69, 9.17) is 0 Å². The van der Waals surface area contributed by atoms with Gasteiger partial charge < -0.3 is 0 Å². The van der Waals surface area contributed by atoms with Gasteiger partial charge in [-0.05, 0) is 51.0 Å². The third-order valence-electron chi connectivity index (χ3n) is 5.09. The lowest BCUT2D eigenvalue weighted by molar-refractivity contribution is 0.295. The fourth-order valence-electron chi connectivity index (χ4n) is 3.14. The van der Waals surface area contributed by atoms with Crippen molar-refractivity contribution in [3.8, 4) is 0 Å². The molecule has 2 N–H and O–H groups in total. The van der Waals surface area contributed by atoms with Crippen molar-refractivity contribution in [3.63, 3.8) is 0 Å². The fourth-order valence-corrected chi connectivity index (χ4v) is 5.46. The molecule has 0 atom stereocenters. The van der Waals surface area contributed by atoms with Gasteiger partial charge in [0.15, 0.2) is 0 Å². The molecule has 0 bridgehead atoms. The van der Waals surface area contributed by atoms with Crippen molar-refractivity contribution in [2.24, 2.45) is 5.41 Å². The molecule has 2 rings (SSSR count). The Morgan fingerprint density at radius 3 is 1.32 bits per heavy atom. The second kappa shape index (κ2) is 10.4. The van der Waals surface area contributed by atoms with Crippen molar-refractivity contribution in [3.05, 3.63) is 85.0 Å². The number of hydrogen-bond acceptors (Lipinski definition) is 4. The molecule has 0 saturated heterocycles. The molecule has 0 aliphatic rings. The smallest absolute Gasteiger partial charge is 0.211 e. The number of hydrogen-bond donors (Lipinski definition) is 2. The first-order valence-electron chi connectivity index (χ1n) is 9.88. The molecule has 6 nitrogen and oxygen atoms in total. The van der Waals surface area contributed by atoms with Crippen LogP contribution in [-0.4, -0.2) is 29.9 Å². The van der Waals surface area contributed by atoms with Crippen molar-refractivity contribution in [2.75, 3.05) is 13.1 Å². The normalized spacial score (nSPS) is 12.5. The van der Waals surface area contributed by atoms with E-state index >= 15 is 0 Å². The molecule has 2 aromatic carbocycles. The van der Waals surface area contributed by atoms with Crippen LogP contribution in [-0.2, 0) is 20.0 Å². The molecule has 8 heteroatoms. The molecular weight excluding hydrogens is 432 g/mol. The Bertz CT molecular complexity index is 1010. The summed E-state index contributed by atoms with van der Waals surface area (Å²) in [6.07, 6.45) is 4.10. The van der Waals surface area contributed by atoms with E-state index in [9.17, 15) is 16.8 Å². The largest absolute Gasteiger partial charge is 0.240 e. The van der Waals surface area contributed by atoms with Gasteiger partial charge in [0.05, 0.1) is 9.79 Å². The van der Waals surface area contributed by atoms with Crippen molar-refractivity contribution in [1.29, 1.82) is 0 Å². The van der Waals surface area contributed by atoms with Gasteiger partial charge in [-0.25, -0.2) is 26.3 Å². The van der Waals surface area contributed by atoms with E-state index in [1.54, 1.807) is 60.7 Å². The monoisotopic (exact) mass is 462 g/mol. The van der Waals surface area contributed by atoms with E-state index < -0.39 is 25.5 Å². The zero-order valence-electron chi connectivity index (χ0n) is 18.0. The van der Waals surface area contributed by atoms with Gasteiger partial charge in [-0.1, -0.05) is 47.5 Å². The minimum atomic E-state index is -3.75. The summed E-state index contributed by atoms with van der Waals surface area (Å²) in [6, 6.07) is 13.1. The lowest BCUT2D eigenvalue weighted by atomic mass is 9.81. The second-order valence-electron chi connectivity index (χ2n) is 7.76. The molecule has 0 aliphatic heterocycles. The van der Waals surface area contributed by atoms with E-state index in [-0.39, 0.29) is 22.9 Å². The summed E-state index contributed by atoms with van der Waals surface area (Å²) >= 11 is 0. The zero-order valence-corrected chi connectivity index (χ0v) is 19.6. The van der Waals surface area contributed by atoms with Crippen LogP contribution in [0.5, 0.6) is 0 Å². The quantitative estimate of drug-likeness (QED) is 0.471. The van der Waals surface area contributed by atoms with E-state index in [0.717, 1.165) is 11.1 Å². The molecule has 0 saturated carbocycles. The van der Waals surface area contributed by atoms with Gasteiger partial charge in [0.2, 0.25) is 20.0 Å². The Morgan fingerprint density at radius 2 is 1.03 bits per heavy atom.